The Bertz CT molecular complexity index is 1080. The predicted molar refractivity (Wildman–Crippen MR) is 113 cm³/mol. The Morgan fingerprint density at radius 2 is 1.97 bits per heavy atom. The number of aromatic nitrogens is 3. The molecule has 2 fully saturated rings. The molecule has 0 amide bonds. The molecule has 1 saturated carbocycles. The average Bonchev–Trinajstić information content (AvgIpc) is 3.49. The minimum atomic E-state index is -3.59. The summed E-state index contributed by atoms with van der Waals surface area (Å²) in [5.74, 6) is 0.635. The van der Waals surface area contributed by atoms with Crippen molar-refractivity contribution in [3.63, 3.8) is 0 Å². The summed E-state index contributed by atoms with van der Waals surface area (Å²) < 4.78 is 36.6. The van der Waals surface area contributed by atoms with Gasteiger partial charge in [0.25, 0.3) is 0 Å². The minimum absolute atomic E-state index is 0.0867. The molecule has 2 aromatic rings. The van der Waals surface area contributed by atoms with Crippen molar-refractivity contribution in [3.8, 4) is 0 Å². The highest BCUT2D eigenvalue weighted by molar-refractivity contribution is 7.89. The van der Waals surface area contributed by atoms with Crippen molar-refractivity contribution in [1.29, 1.82) is 0 Å². The predicted octanol–water partition coefficient (Wildman–Crippen LogP) is 2.21. The van der Waals surface area contributed by atoms with E-state index < -0.39 is 10.0 Å². The van der Waals surface area contributed by atoms with E-state index in [4.69, 9.17) is 4.74 Å². The largest absolute Gasteiger partial charge is 0.383 e. The molecular formula is C21H30N4O4S. The summed E-state index contributed by atoms with van der Waals surface area (Å²) in [4.78, 5) is 13.2. The highest BCUT2D eigenvalue weighted by Crippen LogP contribution is 2.38. The molecule has 1 unspecified atom stereocenters. The van der Waals surface area contributed by atoms with Crippen molar-refractivity contribution in [2.45, 2.75) is 62.9 Å². The Balaban J connectivity index is 1.64. The van der Waals surface area contributed by atoms with Crippen LogP contribution < -0.4 is 5.69 Å². The lowest BCUT2D eigenvalue weighted by Crippen LogP contribution is -2.40. The number of methoxy groups -OCH3 is 1. The molecular weight excluding hydrogens is 404 g/mol. The number of aryl methyl sites for hydroxylation is 2. The van der Waals surface area contributed by atoms with Crippen LogP contribution in [0.1, 0.15) is 54.6 Å². The second-order valence-corrected chi connectivity index (χ2v) is 10.3. The maximum Gasteiger partial charge on any atom is 0.346 e. The van der Waals surface area contributed by atoms with Gasteiger partial charge in [-0.05, 0) is 51.2 Å². The van der Waals surface area contributed by atoms with Crippen molar-refractivity contribution in [2.75, 3.05) is 26.8 Å². The SMILES string of the molecule is COCCn1nc(C2CCCN(S(=O)(=O)c3ccc(C)cc3C)C2)n(C2CC2)c1=O. The van der Waals surface area contributed by atoms with Gasteiger partial charge in [-0.3, -0.25) is 4.57 Å². The fourth-order valence-corrected chi connectivity index (χ4v) is 6.04. The van der Waals surface area contributed by atoms with E-state index in [-0.39, 0.29) is 17.6 Å². The topological polar surface area (TPSA) is 86.4 Å². The highest BCUT2D eigenvalue weighted by atomic mass is 32.2. The smallest absolute Gasteiger partial charge is 0.346 e. The normalized spacial score (nSPS) is 20.6. The molecule has 0 spiro atoms. The van der Waals surface area contributed by atoms with Gasteiger partial charge >= 0.3 is 5.69 Å². The van der Waals surface area contributed by atoms with Gasteiger partial charge in [-0.2, -0.15) is 9.40 Å². The highest BCUT2D eigenvalue weighted by Gasteiger charge is 2.37. The van der Waals surface area contributed by atoms with Gasteiger partial charge in [0.2, 0.25) is 10.0 Å². The molecule has 9 heteroatoms. The van der Waals surface area contributed by atoms with Gasteiger partial charge in [-0.1, -0.05) is 17.7 Å². The van der Waals surface area contributed by atoms with E-state index in [0.717, 1.165) is 42.6 Å². The molecule has 30 heavy (non-hydrogen) atoms. The summed E-state index contributed by atoms with van der Waals surface area (Å²) in [6, 6.07) is 5.62. The number of benzene rings is 1. The third kappa shape index (κ3) is 3.98. The van der Waals surface area contributed by atoms with Crippen LogP contribution in [0.5, 0.6) is 0 Å². The molecule has 1 aliphatic carbocycles. The number of piperidine rings is 1. The summed E-state index contributed by atoms with van der Waals surface area (Å²) in [6.07, 6.45) is 3.52. The van der Waals surface area contributed by atoms with E-state index >= 15 is 0 Å². The molecule has 164 valence electrons. The molecule has 1 aliphatic heterocycles. The Labute approximate surface area is 177 Å². The van der Waals surface area contributed by atoms with Crippen LogP contribution in [0.3, 0.4) is 0 Å². The Morgan fingerprint density at radius 1 is 1.20 bits per heavy atom. The first-order chi connectivity index (χ1) is 14.3. The zero-order valence-corrected chi connectivity index (χ0v) is 18.7. The summed E-state index contributed by atoms with van der Waals surface area (Å²) in [5, 5.41) is 4.62. The van der Waals surface area contributed by atoms with E-state index in [2.05, 4.69) is 5.10 Å². The quantitative estimate of drug-likeness (QED) is 0.667. The number of hydrogen-bond donors (Lipinski definition) is 0. The first-order valence-corrected chi connectivity index (χ1v) is 12.0. The van der Waals surface area contributed by atoms with Gasteiger partial charge < -0.3 is 4.74 Å². The lowest BCUT2D eigenvalue weighted by molar-refractivity contribution is 0.182. The zero-order valence-electron chi connectivity index (χ0n) is 17.9. The molecule has 4 rings (SSSR count). The van der Waals surface area contributed by atoms with Crippen LogP contribution >= 0.6 is 0 Å². The Morgan fingerprint density at radius 3 is 2.63 bits per heavy atom. The summed E-state index contributed by atoms with van der Waals surface area (Å²) in [6.45, 7) is 5.45. The van der Waals surface area contributed by atoms with Crippen LogP contribution in [0.2, 0.25) is 0 Å². The van der Waals surface area contributed by atoms with Gasteiger partial charge in [0.15, 0.2) is 0 Å². The van der Waals surface area contributed by atoms with Crippen LogP contribution in [0.4, 0.5) is 0 Å². The summed E-state index contributed by atoms with van der Waals surface area (Å²) >= 11 is 0. The van der Waals surface area contributed by atoms with Crippen molar-refractivity contribution in [3.05, 3.63) is 45.6 Å². The average molecular weight is 435 g/mol. The minimum Gasteiger partial charge on any atom is -0.383 e. The van der Waals surface area contributed by atoms with Gasteiger partial charge in [-0.15, -0.1) is 0 Å². The van der Waals surface area contributed by atoms with E-state index in [1.807, 2.05) is 26.0 Å². The van der Waals surface area contributed by atoms with Crippen molar-refractivity contribution in [2.24, 2.45) is 0 Å². The third-order valence-electron chi connectivity index (χ3n) is 6.01. The molecule has 0 radical (unpaired) electrons. The fourth-order valence-electron chi connectivity index (χ4n) is 4.31. The van der Waals surface area contributed by atoms with E-state index in [0.29, 0.717) is 31.1 Å². The lowest BCUT2D eigenvalue weighted by atomic mass is 9.99. The van der Waals surface area contributed by atoms with E-state index in [9.17, 15) is 13.2 Å². The molecule has 0 bridgehead atoms. The second kappa shape index (κ2) is 8.28. The summed E-state index contributed by atoms with van der Waals surface area (Å²) in [5.41, 5.74) is 1.69. The van der Waals surface area contributed by atoms with Crippen molar-refractivity contribution in [1.82, 2.24) is 18.7 Å². The molecule has 8 nitrogen and oxygen atoms in total. The molecule has 2 heterocycles. The number of sulfonamides is 1. The molecule has 1 aromatic heterocycles. The van der Waals surface area contributed by atoms with Crippen LogP contribution in [0.25, 0.3) is 0 Å². The maximum absolute atomic E-state index is 13.4. The number of hydrogen-bond acceptors (Lipinski definition) is 5. The van der Waals surface area contributed by atoms with Crippen LogP contribution in [0.15, 0.2) is 27.9 Å². The van der Waals surface area contributed by atoms with E-state index in [1.54, 1.807) is 22.0 Å². The monoisotopic (exact) mass is 434 g/mol. The molecule has 1 saturated heterocycles. The first kappa shape index (κ1) is 21.3. The number of nitrogens with zero attached hydrogens (tertiary/aromatic N) is 4. The molecule has 1 atom stereocenters. The lowest BCUT2D eigenvalue weighted by Gasteiger charge is -2.32. The zero-order chi connectivity index (χ0) is 21.5. The van der Waals surface area contributed by atoms with Crippen molar-refractivity contribution < 1.29 is 13.2 Å². The Hall–Kier alpha value is -1.97. The van der Waals surface area contributed by atoms with Gasteiger partial charge in [-0.25, -0.2) is 17.9 Å². The number of rotatable bonds is 7. The van der Waals surface area contributed by atoms with Crippen LogP contribution in [-0.4, -0.2) is 53.9 Å². The second-order valence-electron chi connectivity index (χ2n) is 8.43. The maximum atomic E-state index is 13.4. The molecule has 0 N–H and O–H groups in total. The van der Waals surface area contributed by atoms with Crippen LogP contribution in [-0.2, 0) is 21.3 Å². The number of ether oxygens (including phenoxy) is 1. The van der Waals surface area contributed by atoms with Gasteiger partial charge in [0.1, 0.15) is 5.82 Å². The summed E-state index contributed by atoms with van der Waals surface area (Å²) in [7, 11) is -2.00. The van der Waals surface area contributed by atoms with Gasteiger partial charge in [0.05, 0.1) is 18.0 Å². The third-order valence-corrected chi connectivity index (χ3v) is 8.04. The standard InChI is InChI=1S/C21H30N4O4S/c1-15-6-9-19(16(2)13-15)30(27,28)23-10-4-5-17(14-23)20-22-24(11-12-29-3)21(26)25(20)18-7-8-18/h6,9,13,17-18H,4-5,7-8,10-12,14H2,1-3H3. The van der Waals surface area contributed by atoms with E-state index in [1.165, 1.54) is 4.68 Å². The fraction of sp³-hybridized carbons (Fsp3) is 0.619. The first-order valence-electron chi connectivity index (χ1n) is 10.6. The molecule has 2 aliphatic rings. The molecule has 1 aromatic carbocycles. The van der Waals surface area contributed by atoms with Crippen molar-refractivity contribution >= 4 is 10.0 Å². The van der Waals surface area contributed by atoms with Gasteiger partial charge in [0, 0.05) is 32.2 Å². The Kier molecular flexibility index (Phi) is 5.87. The van der Waals surface area contributed by atoms with Crippen LogP contribution in [0, 0.1) is 13.8 Å².